The van der Waals surface area contributed by atoms with E-state index in [1.165, 1.54) is 0 Å². The molecule has 0 spiro atoms. The van der Waals surface area contributed by atoms with Gasteiger partial charge in [0.2, 0.25) is 0 Å². The largest absolute Gasteiger partial charge is 0.364 e. The highest BCUT2D eigenvalue weighted by atomic mass is 16.6. The Labute approximate surface area is 62.1 Å². The van der Waals surface area contributed by atoms with Gasteiger partial charge in [-0.3, -0.25) is 0 Å². The fourth-order valence-corrected chi connectivity index (χ4v) is 1.24. The van der Waals surface area contributed by atoms with Crippen molar-refractivity contribution in [3.05, 3.63) is 0 Å². The molecular formula is C7H16N2O. The zero-order valence-electron chi connectivity index (χ0n) is 6.90. The smallest absolute Gasteiger partial charge is 0.106 e. The average molecular weight is 144 g/mol. The lowest BCUT2D eigenvalue weighted by Gasteiger charge is -2.03. The van der Waals surface area contributed by atoms with E-state index >= 15 is 0 Å². The number of hydrogen-bond donors (Lipinski definition) is 2. The Morgan fingerprint density at radius 2 is 2.10 bits per heavy atom. The molecule has 2 atom stereocenters. The number of likely N-dealkylation sites (N-methyl/N-ethyl adjacent to an activating group) is 2. The summed E-state index contributed by atoms with van der Waals surface area (Å²) in [4.78, 5) is 0. The molecule has 1 fully saturated rings. The van der Waals surface area contributed by atoms with Gasteiger partial charge in [-0.2, -0.15) is 0 Å². The number of nitrogens with one attached hydrogen (secondary N) is 2. The first kappa shape index (κ1) is 7.98. The molecule has 0 saturated carbocycles. The lowest BCUT2D eigenvalue weighted by Crippen LogP contribution is -2.29. The van der Waals surface area contributed by atoms with Crippen LogP contribution in [-0.2, 0) is 4.74 Å². The van der Waals surface area contributed by atoms with Crippen molar-refractivity contribution in [1.29, 1.82) is 0 Å². The Bertz CT molecular complexity index is 118. The molecule has 0 amide bonds. The van der Waals surface area contributed by atoms with Crippen molar-refractivity contribution in [3.8, 4) is 0 Å². The summed E-state index contributed by atoms with van der Waals surface area (Å²) in [5.74, 6) is 0. The molecule has 0 aromatic rings. The lowest BCUT2D eigenvalue weighted by molar-refractivity contribution is 0.303. The molecule has 1 aliphatic heterocycles. The molecule has 2 N–H and O–H groups in total. The predicted molar refractivity (Wildman–Crippen MR) is 41.1 cm³/mol. The highest BCUT2D eigenvalue weighted by molar-refractivity contribution is 5.01. The maximum absolute atomic E-state index is 5.46. The summed E-state index contributed by atoms with van der Waals surface area (Å²) in [7, 11) is 3.89. The molecule has 60 valence electrons. The molecule has 0 aliphatic carbocycles. The van der Waals surface area contributed by atoms with Crippen LogP contribution in [-0.4, -0.2) is 38.9 Å². The minimum Gasteiger partial charge on any atom is -0.364 e. The predicted octanol–water partition coefficient (Wildman–Crippen LogP) is -0.417. The summed E-state index contributed by atoms with van der Waals surface area (Å²) in [6.07, 6.45) is 0.407. The Kier molecular flexibility index (Phi) is 2.28. The van der Waals surface area contributed by atoms with E-state index in [2.05, 4.69) is 17.6 Å². The summed E-state index contributed by atoms with van der Waals surface area (Å²) >= 11 is 0. The fourth-order valence-electron chi connectivity index (χ4n) is 1.24. The molecule has 0 aromatic carbocycles. The van der Waals surface area contributed by atoms with Gasteiger partial charge in [0.1, 0.15) is 11.7 Å². The second-order valence-corrected chi connectivity index (χ2v) is 3.01. The van der Waals surface area contributed by atoms with Crippen molar-refractivity contribution in [1.82, 2.24) is 10.6 Å². The van der Waals surface area contributed by atoms with Crippen LogP contribution in [0.15, 0.2) is 0 Å². The number of hydrogen-bond acceptors (Lipinski definition) is 3. The van der Waals surface area contributed by atoms with Crippen LogP contribution in [0.5, 0.6) is 0 Å². The van der Waals surface area contributed by atoms with Gasteiger partial charge in [0.05, 0.1) is 0 Å². The molecule has 0 unspecified atom stereocenters. The molecule has 1 rings (SSSR count). The summed E-state index contributed by atoms with van der Waals surface area (Å²) in [6, 6.07) is 0. The van der Waals surface area contributed by atoms with Crippen LogP contribution >= 0.6 is 0 Å². The van der Waals surface area contributed by atoms with Crippen LogP contribution in [0.1, 0.15) is 6.92 Å². The van der Waals surface area contributed by atoms with Gasteiger partial charge in [-0.15, -0.1) is 0 Å². The number of ether oxygens (including phenoxy) is 1. The monoisotopic (exact) mass is 144 g/mol. The first-order chi connectivity index (χ1) is 4.73. The van der Waals surface area contributed by atoms with Crippen LogP contribution in [0.4, 0.5) is 0 Å². The Morgan fingerprint density at radius 1 is 1.40 bits per heavy atom. The van der Waals surface area contributed by atoms with Gasteiger partial charge < -0.3 is 15.4 Å². The molecule has 3 heteroatoms. The van der Waals surface area contributed by atoms with E-state index in [9.17, 15) is 0 Å². The fraction of sp³-hybridized carbons (Fsp3) is 1.00. The first-order valence-electron chi connectivity index (χ1n) is 3.70. The summed E-state index contributed by atoms with van der Waals surface area (Å²) in [6.45, 7) is 4.03. The van der Waals surface area contributed by atoms with Crippen molar-refractivity contribution in [2.24, 2.45) is 0 Å². The SMILES string of the molecule is CNC[C@@H]1O[C@]1(C)CNC. The second kappa shape index (κ2) is 2.86. The van der Waals surface area contributed by atoms with Gasteiger partial charge in [-0.05, 0) is 21.0 Å². The molecule has 0 bridgehead atoms. The van der Waals surface area contributed by atoms with Crippen molar-refractivity contribution < 1.29 is 4.74 Å². The van der Waals surface area contributed by atoms with Crippen LogP contribution in [0.3, 0.4) is 0 Å². The van der Waals surface area contributed by atoms with Gasteiger partial charge in [0.25, 0.3) is 0 Å². The molecule has 0 radical (unpaired) electrons. The number of rotatable bonds is 4. The van der Waals surface area contributed by atoms with E-state index in [4.69, 9.17) is 4.74 Å². The molecule has 1 aliphatic rings. The zero-order chi connectivity index (χ0) is 7.61. The highest BCUT2D eigenvalue weighted by Gasteiger charge is 2.50. The van der Waals surface area contributed by atoms with E-state index < -0.39 is 0 Å². The maximum atomic E-state index is 5.46. The molecule has 3 nitrogen and oxygen atoms in total. The number of epoxide rings is 1. The third-order valence-electron chi connectivity index (χ3n) is 1.95. The summed E-state index contributed by atoms with van der Waals surface area (Å²) in [5, 5.41) is 6.20. The van der Waals surface area contributed by atoms with Gasteiger partial charge >= 0.3 is 0 Å². The quantitative estimate of drug-likeness (QED) is 0.526. The molecule has 1 saturated heterocycles. The van der Waals surface area contributed by atoms with Crippen molar-refractivity contribution >= 4 is 0 Å². The first-order valence-corrected chi connectivity index (χ1v) is 3.70. The van der Waals surface area contributed by atoms with Crippen molar-refractivity contribution in [3.63, 3.8) is 0 Å². The van der Waals surface area contributed by atoms with E-state index in [1.807, 2.05) is 14.1 Å². The summed E-state index contributed by atoms with van der Waals surface area (Å²) < 4.78 is 5.46. The lowest BCUT2D eigenvalue weighted by atomic mass is 10.1. The minimum atomic E-state index is 0.0950. The highest BCUT2D eigenvalue weighted by Crippen LogP contribution is 2.34. The van der Waals surface area contributed by atoms with Crippen LogP contribution in [0.25, 0.3) is 0 Å². The van der Waals surface area contributed by atoms with E-state index in [-0.39, 0.29) is 5.60 Å². The third kappa shape index (κ3) is 1.48. The standard InChI is InChI=1S/C7H16N2O/c1-7(5-9-3)6(10-7)4-8-2/h6,8-9H,4-5H2,1-3H3/t6-,7+/m0/s1. The van der Waals surface area contributed by atoms with Gasteiger partial charge in [0, 0.05) is 13.1 Å². The Hall–Kier alpha value is -0.120. The van der Waals surface area contributed by atoms with Crippen LogP contribution in [0, 0.1) is 0 Å². The van der Waals surface area contributed by atoms with Crippen molar-refractivity contribution in [2.75, 3.05) is 27.2 Å². The third-order valence-corrected chi connectivity index (χ3v) is 1.95. The molecule has 0 aromatic heterocycles. The van der Waals surface area contributed by atoms with Gasteiger partial charge in [0.15, 0.2) is 0 Å². The minimum absolute atomic E-state index is 0.0950. The van der Waals surface area contributed by atoms with Crippen molar-refractivity contribution in [2.45, 2.75) is 18.6 Å². The van der Waals surface area contributed by atoms with E-state index in [0.717, 1.165) is 13.1 Å². The molecule has 1 heterocycles. The summed E-state index contributed by atoms with van der Waals surface area (Å²) in [5.41, 5.74) is 0.0950. The zero-order valence-corrected chi connectivity index (χ0v) is 6.90. The second-order valence-electron chi connectivity index (χ2n) is 3.01. The van der Waals surface area contributed by atoms with Crippen LogP contribution in [0.2, 0.25) is 0 Å². The van der Waals surface area contributed by atoms with E-state index in [1.54, 1.807) is 0 Å². The normalized spacial score (nSPS) is 38.1. The van der Waals surface area contributed by atoms with Gasteiger partial charge in [-0.1, -0.05) is 0 Å². The van der Waals surface area contributed by atoms with Crippen LogP contribution < -0.4 is 10.6 Å². The van der Waals surface area contributed by atoms with E-state index in [0.29, 0.717) is 6.10 Å². The Balaban J connectivity index is 2.19. The Morgan fingerprint density at radius 3 is 2.60 bits per heavy atom. The molecule has 10 heavy (non-hydrogen) atoms. The maximum Gasteiger partial charge on any atom is 0.106 e. The topological polar surface area (TPSA) is 36.6 Å². The van der Waals surface area contributed by atoms with Gasteiger partial charge in [-0.25, -0.2) is 0 Å². The average Bonchev–Trinajstić information content (AvgIpc) is 2.44. The molecular weight excluding hydrogens is 128 g/mol.